The van der Waals surface area contributed by atoms with Crippen LogP contribution in [0.5, 0.6) is 0 Å². The number of carboxylic acid groups (broad SMARTS) is 1. The van der Waals surface area contributed by atoms with Crippen LogP contribution in [0.15, 0.2) is 11.1 Å². The van der Waals surface area contributed by atoms with Crippen molar-refractivity contribution in [2.45, 2.75) is 31.7 Å². The number of hydrogen-bond acceptors (Lipinski definition) is 5. The molecule has 1 saturated heterocycles. The van der Waals surface area contributed by atoms with Gasteiger partial charge >= 0.3 is 5.97 Å². The Bertz CT molecular complexity index is 499. The summed E-state index contributed by atoms with van der Waals surface area (Å²) in [6.07, 6.45) is 4.50. The van der Waals surface area contributed by atoms with Gasteiger partial charge in [-0.15, -0.1) is 0 Å². The highest BCUT2D eigenvalue weighted by Gasteiger charge is 2.29. The number of nitrogens with zero attached hydrogens (tertiary/aromatic N) is 2. The second-order valence-corrected chi connectivity index (χ2v) is 4.37. The second-order valence-electron chi connectivity index (χ2n) is 4.37. The van der Waals surface area contributed by atoms with Gasteiger partial charge in [0.25, 0.3) is 5.56 Å². The molecule has 1 aromatic heterocycles. The first kappa shape index (κ1) is 12.4. The predicted molar refractivity (Wildman–Crippen MR) is 66.5 cm³/mol. The maximum atomic E-state index is 11.5. The minimum Gasteiger partial charge on any atom is -0.480 e. The predicted octanol–water partition coefficient (Wildman–Crippen LogP) is 0.186. The summed E-state index contributed by atoms with van der Waals surface area (Å²) in [5.74, 6) is -0.633. The number of carboxylic acids is 1. The standard InChI is InChI=1S/C11H16N4O3/c12-8-9(13-6-14-10(8)16)15-5-3-1-2-4-7(15)11(17)18/h6-7H,1-5,12H2,(H,17,18)(H,13,14,16). The first-order valence-corrected chi connectivity index (χ1v) is 5.94. The van der Waals surface area contributed by atoms with E-state index in [0.717, 1.165) is 19.3 Å². The van der Waals surface area contributed by atoms with E-state index in [0.29, 0.717) is 13.0 Å². The molecule has 2 rings (SSSR count). The number of hydrogen-bond donors (Lipinski definition) is 3. The maximum absolute atomic E-state index is 11.5. The van der Waals surface area contributed by atoms with Crippen molar-refractivity contribution in [3.63, 3.8) is 0 Å². The Hall–Kier alpha value is -2.05. The lowest BCUT2D eigenvalue weighted by Gasteiger charge is -2.28. The zero-order valence-corrected chi connectivity index (χ0v) is 9.93. The van der Waals surface area contributed by atoms with Gasteiger partial charge in [-0.1, -0.05) is 12.8 Å². The van der Waals surface area contributed by atoms with Gasteiger partial charge in [0.2, 0.25) is 0 Å². The smallest absolute Gasteiger partial charge is 0.326 e. The molecule has 0 saturated carbocycles. The van der Waals surface area contributed by atoms with Crippen molar-refractivity contribution >= 4 is 17.5 Å². The van der Waals surface area contributed by atoms with Gasteiger partial charge in [-0.05, 0) is 12.8 Å². The highest BCUT2D eigenvalue weighted by Crippen LogP contribution is 2.24. The third-order valence-electron chi connectivity index (χ3n) is 3.18. The number of aromatic amines is 1. The van der Waals surface area contributed by atoms with Gasteiger partial charge in [-0.25, -0.2) is 9.78 Å². The Morgan fingerprint density at radius 3 is 3.00 bits per heavy atom. The van der Waals surface area contributed by atoms with Crippen molar-refractivity contribution in [3.05, 3.63) is 16.7 Å². The first-order valence-electron chi connectivity index (χ1n) is 5.94. The van der Waals surface area contributed by atoms with E-state index in [2.05, 4.69) is 9.97 Å². The van der Waals surface area contributed by atoms with Gasteiger partial charge in [-0.2, -0.15) is 0 Å². The number of aromatic nitrogens is 2. The fraction of sp³-hybridized carbons (Fsp3) is 0.545. The largest absolute Gasteiger partial charge is 0.480 e. The fourth-order valence-electron chi connectivity index (χ4n) is 2.25. The summed E-state index contributed by atoms with van der Waals surface area (Å²) in [5, 5.41) is 9.26. The topological polar surface area (TPSA) is 112 Å². The zero-order chi connectivity index (χ0) is 13.1. The number of carbonyl (C=O) groups is 1. The lowest BCUT2D eigenvalue weighted by Crippen LogP contribution is -2.42. The molecule has 0 radical (unpaired) electrons. The van der Waals surface area contributed by atoms with E-state index < -0.39 is 17.6 Å². The molecule has 0 bridgehead atoms. The third-order valence-corrected chi connectivity index (χ3v) is 3.18. The van der Waals surface area contributed by atoms with Crippen molar-refractivity contribution in [1.82, 2.24) is 9.97 Å². The van der Waals surface area contributed by atoms with Gasteiger partial charge in [0.1, 0.15) is 11.7 Å². The van der Waals surface area contributed by atoms with Crippen LogP contribution in [-0.2, 0) is 4.79 Å². The molecular formula is C11H16N4O3. The maximum Gasteiger partial charge on any atom is 0.326 e. The molecule has 1 fully saturated rings. The first-order chi connectivity index (χ1) is 8.61. The van der Waals surface area contributed by atoms with Gasteiger partial charge < -0.3 is 20.7 Å². The van der Waals surface area contributed by atoms with Gasteiger partial charge in [-0.3, -0.25) is 4.79 Å². The van der Waals surface area contributed by atoms with E-state index >= 15 is 0 Å². The molecular weight excluding hydrogens is 236 g/mol. The number of anilines is 2. The average Bonchev–Trinajstić information content (AvgIpc) is 2.58. The molecule has 0 aromatic carbocycles. The second kappa shape index (κ2) is 5.07. The van der Waals surface area contributed by atoms with E-state index in [4.69, 9.17) is 5.73 Å². The number of nitrogens with one attached hydrogen (secondary N) is 1. The summed E-state index contributed by atoms with van der Waals surface area (Å²) in [4.78, 5) is 30.8. The Morgan fingerprint density at radius 1 is 1.50 bits per heavy atom. The number of nitrogens with two attached hydrogens (primary N) is 1. The van der Waals surface area contributed by atoms with Crippen LogP contribution < -0.4 is 16.2 Å². The van der Waals surface area contributed by atoms with Gasteiger partial charge in [0.15, 0.2) is 5.82 Å². The molecule has 1 aliphatic heterocycles. The minimum atomic E-state index is -0.904. The highest BCUT2D eigenvalue weighted by atomic mass is 16.4. The third kappa shape index (κ3) is 2.29. The van der Waals surface area contributed by atoms with Crippen LogP contribution in [0.25, 0.3) is 0 Å². The molecule has 98 valence electrons. The van der Waals surface area contributed by atoms with E-state index in [-0.39, 0.29) is 11.5 Å². The van der Waals surface area contributed by atoms with Crippen LogP contribution in [-0.4, -0.2) is 33.6 Å². The van der Waals surface area contributed by atoms with Crippen molar-refractivity contribution in [1.29, 1.82) is 0 Å². The van der Waals surface area contributed by atoms with E-state index in [1.165, 1.54) is 6.33 Å². The van der Waals surface area contributed by atoms with E-state index in [9.17, 15) is 14.7 Å². The molecule has 7 heteroatoms. The summed E-state index contributed by atoms with van der Waals surface area (Å²) < 4.78 is 0. The van der Waals surface area contributed by atoms with Crippen LogP contribution in [0.1, 0.15) is 25.7 Å². The molecule has 0 amide bonds. The minimum absolute atomic E-state index is 0.0225. The molecule has 0 spiro atoms. The fourth-order valence-corrected chi connectivity index (χ4v) is 2.25. The molecule has 2 heterocycles. The van der Waals surface area contributed by atoms with Crippen LogP contribution in [0.4, 0.5) is 11.5 Å². The summed E-state index contributed by atoms with van der Waals surface area (Å²) in [6, 6.07) is -0.663. The zero-order valence-electron chi connectivity index (χ0n) is 9.93. The SMILES string of the molecule is Nc1c(N2CCCCCC2C(=O)O)nc[nH]c1=O. The van der Waals surface area contributed by atoms with Crippen LogP contribution >= 0.6 is 0 Å². The Kier molecular flexibility index (Phi) is 3.50. The number of aliphatic carboxylic acids is 1. The molecule has 1 aliphatic rings. The summed E-state index contributed by atoms with van der Waals surface area (Å²) >= 11 is 0. The molecule has 7 nitrogen and oxygen atoms in total. The van der Waals surface area contributed by atoms with Crippen molar-refractivity contribution < 1.29 is 9.90 Å². The summed E-state index contributed by atoms with van der Waals surface area (Å²) in [6.45, 7) is 0.553. The number of H-pyrrole nitrogens is 1. The van der Waals surface area contributed by atoms with Gasteiger partial charge in [0, 0.05) is 6.54 Å². The number of rotatable bonds is 2. The van der Waals surface area contributed by atoms with E-state index in [1.54, 1.807) is 4.90 Å². The van der Waals surface area contributed by atoms with Crippen LogP contribution in [0.2, 0.25) is 0 Å². The van der Waals surface area contributed by atoms with Crippen LogP contribution in [0.3, 0.4) is 0 Å². The molecule has 1 atom stereocenters. The Labute approximate surface area is 104 Å². The average molecular weight is 252 g/mol. The summed E-state index contributed by atoms with van der Waals surface area (Å²) in [5.41, 5.74) is 5.23. The Morgan fingerprint density at radius 2 is 2.28 bits per heavy atom. The lowest BCUT2D eigenvalue weighted by atomic mass is 10.1. The van der Waals surface area contributed by atoms with Gasteiger partial charge in [0.05, 0.1) is 6.33 Å². The number of nitrogen functional groups attached to an aromatic ring is 1. The molecule has 4 N–H and O–H groups in total. The van der Waals surface area contributed by atoms with Crippen molar-refractivity contribution in [2.24, 2.45) is 0 Å². The normalized spacial score (nSPS) is 20.4. The van der Waals surface area contributed by atoms with Crippen molar-refractivity contribution in [3.8, 4) is 0 Å². The van der Waals surface area contributed by atoms with Crippen LogP contribution in [0, 0.1) is 0 Å². The Balaban J connectivity index is 2.41. The van der Waals surface area contributed by atoms with Crippen molar-refractivity contribution in [2.75, 3.05) is 17.2 Å². The lowest BCUT2D eigenvalue weighted by molar-refractivity contribution is -0.138. The molecule has 1 aromatic rings. The monoisotopic (exact) mass is 252 g/mol. The molecule has 18 heavy (non-hydrogen) atoms. The highest BCUT2D eigenvalue weighted by molar-refractivity contribution is 5.79. The molecule has 1 unspecified atom stereocenters. The summed E-state index contributed by atoms with van der Waals surface area (Å²) in [7, 11) is 0. The quantitative estimate of drug-likeness (QED) is 0.692. The van der Waals surface area contributed by atoms with E-state index in [1.807, 2.05) is 0 Å². The molecule has 0 aliphatic carbocycles.